The Morgan fingerprint density at radius 2 is 1.86 bits per heavy atom. The molecule has 202 valence electrons. The number of rotatable bonds is 9. The van der Waals surface area contributed by atoms with Gasteiger partial charge in [0.25, 0.3) is 0 Å². The van der Waals surface area contributed by atoms with E-state index in [-0.39, 0.29) is 5.96 Å². The predicted octanol–water partition coefficient (Wildman–Crippen LogP) is 6.34. The molecule has 1 atom stereocenters. The molecule has 3 rings (SSSR count). The van der Waals surface area contributed by atoms with Gasteiger partial charge in [-0.1, -0.05) is 68.4 Å². The topological polar surface area (TPSA) is 130 Å². The molecule has 2 heterocycles. The van der Waals surface area contributed by atoms with E-state index >= 15 is 0 Å². The molecular weight excluding hydrogens is 474 g/mol. The number of aryl methyl sites for hydroxylation is 1. The number of nitrogens with one attached hydrogen (secondary N) is 1. The monoisotopic (exact) mass is 513 g/mol. The van der Waals surface area contributed by atoms with Gasteiger partial charge >= 0.3 is 12.2 Å². The first-order chi connectivity index (χ1) is 17.7. The zero-order valence-corrected chi connectivity index (χ0v) is 22.3. The van der Waals surface area contributed by atoms with Gasteiger partial charge in [-0.2, -0.15) is 4.98 Å². The van der Waals surface area contributed by atoms with Crippen LogP contribution in [-0.4, -0.2) is 50.4 Å². The van der Waals surface area contributed by atoms with Gasteiger partial charge in [-0.05, 0) is 52.0 Å². The lowest BCUT2D eigenvalue weighted by Gasteiger charge is -2.25. The van der Waals surface area contributed by atoms with Gasteiger partial charge in [-0.25, -0.2) is 9.59 Å². The van der Waals surface area contributed by atoms with Crippen LogP contribution >= 0.6 is 0 Å². The Morgan fingerprint density at radius 3 is 2.54 bits per heavy atom. The third-order valence-electron chi connectivity index (χ3n) is 6.09. The van der Waals surface area contributed by atoms with Crippen molar-refractivity contribution in [1.29, 1.82) is 0 Å². The van der Waals surface area contributed by atoms with E-state index in [1.807, 2.05) is 12.1 Å². The molecule has 2 N–H and O–H groups in total. The van der Waals surface area contributed by atoms with E-state index in [1.54, 1.807) is 25.7 Å². The number of benzene rings is 1. The smallest absolute Gasteiger partial charge is 0.437 e. The number of ether oxygens (including phenoxy) is 1. The second kappa shape index (κ2) is 13.2. The maximum absolute atomic E-state index is 12.3. The number of unbranched alkanes of at least 4 members (excludes halogenated alkanes) is 5. The van der Waals surface area contributed by atoms with E-state index in [1.165, 1.54) is 44.1 Å². The summed E-state index contributed by atoms with van der Waals surface area (Å²) in [5.74, 6) is 0.681. The minimum Gasteiger partial charge on any atom is -0.465 e. The maximum Gasteiger partial charge on any atom is 0.437 e. The fraction of sp³-hybridized carbons (Fsp3) is 0.593. The van der Waals surface area contributed by atoms with Crippen LogP contribution in [0.15, 0.2) is 33.8 Å². The predicted molar refractivity (Wildman–Crippen MR) is 140 cm³/mol. The molecule has 1 aliphatic heterocycles. The molecule has 1 aromatic heterocycles. The summed E-state index contributed by atoms with van der Waals surface area (Å²) in [7, 11) is 0. The third kappa shape index (κ3) is 8.87. The number of hydrogen-bond donors (Lipinski definition) is 2. The molecule has 1 fully saturated rings. The van der Waals surface area contributed by atoms with E-state index < -0.39 is 23.8 Å². The molecule has 0 aliphatic carbocycles. The van der Waals surface area contributed by atoms with Crippen molar-refractivity contribution >= 4 is 18.1 Å². The van der Waals surface area contributed by atoms with Crippen LogP contribution in [0.25, 0.3) is 11.4 Å². The Bertz CT molecular complexity index is 1060. The van der Waals surface area contributed by atoms with Crippen LogP contribution in [0.2, 0.25) is 0 Å². The Morgan fingerprint density at radius 1 is 1.16 bits per heavy atom. The minimum atomic E-state index is -1.33. The highest BCUT2D eigenvalue weighted by Crippen LogP contribution is 2.32. The number of carbonyl (C=O) groups excluding carboxylic acids is 1. The second-order valence-corrected chi connectivity index (χ2v) is 10.4. The molecule has 10 heteroatoms. The molecule has 0 bridgehead atoms. The van der Waals surface area contributed by atoms with Crippen LogP contribution in [-0.2, 0) is 11.2 Å². The van der Waals surface area contributed by atoms with Gasteiger partial charge in [0.15, 0.2) is 0 Å². The lowest BCUT2D eigenvalue weighted by atomic mass is 10.0. The summed E-state index contributed by atoms with van der Waals surface area (Å²) < 4.78 is 10.8. The Labute approximate surface area is 218 Å². The largest absolute Gasteiger partial charge is 0.465 e. The summed E-state index contributed by atoms with van der Waals surface area (Å²) in [6.45, 7) is 7.84. The molecule has 0 spiro atoms. The molecule has 1 aliphatic rings. The second-order valence-electron chi connectivity index (χ2n) is 10.4. The van der Waals surface area contributed by atoms with E-state index in [2.05, 4.69) is 39.5 Å². The van der Waals surface area contributed by atoms with Crippen molar-refractivity contribution in [2.45, 2.75) is 97.1 Å². The van der Waals surface area contributed by atoms with Crippen LogP contribution in [0, 0.1) is 0 Å². The summed E-state index contributed by atoms with van der Waals surface area (Å²) >= 11 is 0. The summed E-state index contributed by atoms with van der Waals surface area (Å²) in [5.41, 5.74) is 1.37. The van der Waals surface area contributed by atoms with E-state index in [4.69, 9.17) is 9.26 Å². The van der Waals surface area contributed by atoms with Crippen molar-refractivity contribution in [2.75, 3.05) is 6.54 Å². The summed E-state index contributed by atoms with van der Waals surface area (Å²) in [6, 6.07) is 7.77. The van der Waals surface area contributed by atoms with Crippen LogP contribution < -0.4 is 5.32 Å². The Kier molecular flexibility index (Phi) is 10.0. The number of guanidine groups is 1. The standard InChI is InChI=1S/C27H39N5O5/c1-5-6-7-8-9-10-12-19-14-16-20(17-15-19)22-28-23(37-31-22)21-13-11-18-32(21)24(29-25(33)34)30-26(35)36-27(2,3)4/h14-17,21H,5-13,18H2,1-4H3,(H,33,34)(H,29,30,35). The number of amides is 2. The highest BCUT2D eigenvalue weighted by molar-refractivity contribution is 5.98. The lowest BCUT2D eigenvalue weighted by molar-refractivity contribution is 0.0600. The number of aliphatic imine (C=N–C) groups is 1. The maximum atomic E-state index is 12.3. The first kappa shape index (κ1) is 28.1. The molecule has 1 aromatic carbocycles. The molecule has 0 radical (unpaired) electrons. The fourth-order valence-corrected chi connectivity index (χ4v) is 4.33. The summed E-state index contributed by atoms with van der Waals surface area (Å²) in [4.78, 5) is 33.8. The van der Waals surface area contributed by atoms with Crippen LogP contribution in [0.4, 0.5) is 9.59 Å². The average molecular weight is 514 g/mol. The molecule has 1 unspecified atom stereocenters. The van der Waals surface area contributed by atoms with E-state index in [0.29, 0.717) is 24.7 Å². The van der Waals surface area contributed by atoms with E-state index in [0.717, 1.165) is 18.4 Å². The first-order valence-electron chi connectivity index (χ1n) is 13.2. The van der Waals surface area contributed by atoms with Gasteiger partial charge in [0.1, 0.15) is 11.6 Å². The molecule has 2 aromatic rings. The number of likely N-dealkylation sites (tertiary alicyclic amines) is 1. The molecule has 1 saturated heterocycles. The minimum absolute atomic E-state index is 0.122. The number of nitrogens with zero attached hydrogens (tertiary/aromatic N) is 4. The molecule has 37 heavy (non-hydrogen) atoms. The van der Waals surface area contributed by atoms with E-state index in [9.17, 15) is 14.7 Å². The normalized spacial score (nSPS) is 16.2. The van der Waals surface area contributed by atoms with Crippen LogP contribution in [0.5, 0.6) is 0 Å². The third-order valence-corrected chi connectivity index (χ3v) is 6.09. The number of aromatic nitrogens is 2. The van der Waals surface area contributed by atoms with Crippen LogP contribution in [0.1, 0.15) is 96.6 Å². The van der Waals surface area contributed by atoms with Gasteiger partial charge in [0.2, 0.25) is 17.7 Å². The zero-order valence-electron chi connectivity index (χ0n) is 22.3. The molecule has 2 amide bonds. The van der Waals surface area contributed by atoms with Crippen molar-refractivity contribution in [1.82, 2.24) is 20.4 Å². The highest BCUT2D eigenvalue weighted by atomic mass is 16.6. The quantitative estimate of drug-likeness (QED) is 0.226. The van der Waals surface area contributed by atoms with Crippen molar-refractivity contribution < 1.29 is 24.0 Å². The Balaban J connectivity index is 1.67. The Hall–Kier alpha value is -3.43. The van der Waals surface area contributed by atoms with Gasteiger partial charge in [-0.15, -0.1) is 4.99 Å². The lowest BCUT2D eigenvalue weighted by Crippen LogP contribution is -2.44. The van der Waals surface area contributed by atoms with Crippen molar-refractivity contribution in [3.63, 3.8) is 0 Å². The fourth-order valence-electron chi connectivity index (χ4n) is 4.33. The van der Waals surface area contributed by atoms with Gasteiger partial charge in [-0.3, -0.25) is 5.32 Å². The van der Waals surface area contributed by atoms with Gasteiger partial charge < -0.3 is 19.3 Å². The number of hydrogen-bond acceptors (Lipinski definition) is 6. The first-order valence-corrected chi connectivity index (χ1v) is 13.2. The number of carbonyl (C=O) groups is 2. The zero-order chi connectivity index (χ0) is 26.8. The summed E-state index contributed by atoms with van der Waals surface area (Å²) in [6.07, 6.45) is 7.85. The highest BCUT2D eigenvalue weighted by Gasteiger charge is 2.34. The average Bonchev–Trinajstić information content (AvgIpc) is 3.49. The van der Waals surface area contributed by atoms with Crippen molar-refractivity contribution in [2.24, 2.45) is 4.99 Å². The van der Waals surface area contributed by atoms with Gasteiger partial charge in [0.05, 0.1) is 0 Å². The van der Waals surface area contributed by atoms with Crippen LogP contribution in [0.3, 0.4) is 0 Å². The molecule has 0 saturated carbocycles. The van der Waals surface area contributed by atoms with Gasteiger partial charge in [0, 0.05) is 12.1 Å². The van der Waals surface area contributed by atoms with Crippen molar-refractivity contribution in [3.05, 3.63) is 35.7 Å². The molecular formula is C27H39N5O5. The SMILES string of the molecule is CCCCCCCCc1ccc(-c2noc(C3CCCN3/C(=N/C(=O)OC(C)(C)C)NC(=O)O)n2)cc1. The number of carboxylic acid groups (broad SMARTS) is 1. The summed E-state index contributed by atoms with van der Waals surface area (Å²) in [5, 5.41) is 15.7. The molecule has 10 nitrogen and oxygen atoms in total. The van der Waals surface area contributed by atoms with Crippen molar-refractivity contribution in [3.8, 4) is 11.4 Å².